The van der Waals surface area contributed by atoms with E-state index in [0.717, 1.165) is 11.3 Å². The normalized spacial score (nSPS) is 10.5. The summed E-state index contributed by atoms with van der Waals surface area (Å²) in [5, 5.41) is 0. The topological polar surface area (TPSA) is 17.8 Å². The van der Waals surface area contributed by atoms with Crippen LogP contribution in [0.2, 0.25) is 0 Å². The Morgan fingerprint density at radius 1 is 1.36 bits per heavy atom. The van der Waals surface area contributed by atoms with Crippen molar-refractivity contribution in [3.63, 3.8) is 0 Å². The lowest BCUT2D eigenvalue weighted by Crippen LogP contribution is -1.84. The predicted molar refractivity (Wildman–Crippen MR) is 53.3 cm³/mol. The van der Waals surface area contributed by atoms with Gasteiger partial charge in [-0.15, -0.1) is 0 Å². The summed E-state index contributed by atoms with van der Waals surface area (Å²) in [6, 6.07) is 5.02. The molecular weight excluding hydrogens is 179 g/mol. The number of hydrogen-bond acceptors (Lipinski definition) is 1. The first-order chi connectivity index (χ1) is 6.66. The van der Waals surface area contributed by atoms with Crippen LogP contribution in [0.3, 0.4) is 0 Å². The third-order valence-corrected chi connectivity index (χ3v) is 2.16. The highest BCUT2D eigenvalue weighted by Crippen LogP contribution is 2.19. The molecule has 0 saturated heterocycles. The van der Waals surface area contributed by atoms with E-state index in [2.05, 4.69) is 4.98 Å². The fraction of sp³-hybridized carbons (Fsp3) is 0.182. The number of hydrogen-bond donors (Lipinski definition) is 0. The second kappa shape index (κ2) is 3.25. The molecule has 72 valence electrons. The van der Waals surface area contributed by atoms with Crippen molar-refractivity contribution in [2.75, 3.05) is 0 Å². The maximum absolute atomic E-state index is 13.0. The Kier molecular flexibility index (Phi) is 2.08. The Balaban J connectivity index is 2.47. The van der Waals surface area contributed by atoms with Crippen LogP contribution in [0.4, 0.5) is 4.39 Å². The molecule has 0 saturated carbocycles. The minimum Gasteiger partial charge on any atom is -0.340 e. The molecule has 2 nitrogen and oxygen atoms in total. The van der Waals surface area contributed by atoms with Gasteiger partial charge in [0.2, 0.25) is 0 Å². The molecule has 0 unspecified atom stereocenters. The lowest BCUT2D eigenvalue weighted by Gasteiger charge is -1.99. The fourth-order valence-electron chi connectivity index (χ4n) is 1.37. The van der Waals surface area contributed by atoms with E-state index in [1.54, 1.807) is 25.4 Å². The smallest absolute Gasteiger partial charge is 0.126 e. The molecule has 14 heavy (non-hydrogen) atoms. The zero-order valence-electron chi connectivity index (χ0n) is 8.16. The summed E-state index contributed by atoms with van der Waals surface area (Å²) in [7, 11) is 1.91. The molecule has 1 aromatic heterocycles. The Hall–Kier alpha value is -1.64. The van der Waals surface area contributed by atoms with E-state index in [1.807, 2.05) is 17.8 Å². The van der Waals surface area contributed by atoms with Crippen LogP contribution in [0.5, 0.6) is 0 Å². The van der Waals surface area contributed by atoms with Gasteiger partial charge in [0.25, 0.3) is 0 Å². The molecule has 0 atom stereocenters. The van der Waals surface area contributed by atoms with Crippen LogP contribution in [0, 0.1) is 12.7 Å². The van der Waals surface area contributed by atoms with Crippen molar-refractivity contribution < 1.29 is 4.39 Å². The van der Waals surface area contributed by atoms with Gasteiger partial charge >= 0.3 is 0 Å². The number of imidazole rings is 1. The number of nitrogens with zero attached hydrogens (tertiary/aromatic N) is 2. The van der Waals surface area contributed by atoms with Crippen LogP contribution in [0.15, 0.2) is 30.7 Å². The van der Waals surface area contributed by atoms with Gasteiger partial charge in [-0.05, 0) is 30.7 Å². The molecule has 0 aliphatic carbocycles. The molecule has 0 fully saturated rings. The summed E-state index contributed by atoms with van der Waals surface area (Å²) in [4.78, 5) is 4.20. The van der Waals surface area contributed by atoms with Crippen molar-refractivity contribution in [1.29, 1.82) is 0 Å². The van der Waals surface area contributed by atoms with Crippen LogP contribution in [0.25, 0.3) is 11.3 Å². The number of aryl methyl sites for hydroxylation is 2. The molecule has 1 aromatic carbocycles. The number of halogens is 1. The van der Waals surface area contributed by atoms with Gasteiger partial charge in [0, 0.05) is 18.8 Å². The molecule has 0 bridgehead atoms. The monoisotopic (exact) mass is 190 g/mol. The second-order valence-electron chi connectivity index (χ2n) is 3.39. The molecule has 0 amide bonds. The van der Waals surface area contributed by atoms with Gasteiger partial charge in [-0.3, -0.25) is 0 Å². The zero-order chi connectivity index (χ0) is 10.1. The van der Waals surface area contributed by atoms with Crippen LogP contribution in [-0.2, 0) is 7.05 Å². The third-order valence-electron chi connectivity index (χ3n) is 2.16. The summed E-state index contributed by atoms with van der Waals surface area (Å²) in [5.74, 6) is -0.176. The van der Waals surface area contributed by atoms with Crippen molar-refractivity contribution in [2.24, 2.45) is 7.05 Å². The van der Waals surface area contributed by atoms with Crippen molar-refractivity contribution in [3.05, 3.63) is 42.1 Å². The van der Waals surface area contributed by atoms with Crippen LogP contribution < -0.4 is 0 Å². The van der Waals surface area contributed by atoms with Crippen LogP contribution in [-0.4, -0.2) is 9.55 Å². The molecule has 0 aliphatic rings. The van der Waals surface area contributed by atoms with E-state index in [4.69, 9.17) is 0 Å². The Bertz CT molecular complexity index is 460. The number of benzene rings is 1. The molecule has 0 aliphatic heterocycles. The highest BCUT2D eigenvalue weighted by atomic mass is 19.1. The molecule has 2 aromatic rings. The predicted octanol–water partition coefficient (Wildman–Crippen LogP) is 2.53. The van der Waals surface area contributed by atoms with Gasteiger partial charge < -0.3 is 4.57 Å². The minimum atomic E-state index is -0.176. The lowest BCUT2D eigenvalue weighted by atomic mass is 10.1. The van der Waals surface area contributed by atoms with Gasteiger partial charge in [-0.1, -0.05) is 0 Å². The van der Waals surface area contributed by atoms with Crippen LogP contribution >= 0.6 is 0 Å². The zero-order valence-corrected chi connectivity index (χ0v) is 8.16. The first kappa shape index (κ1) is 8.94. The first-order valence-corrected chi connectivity index (χ1v) is 4.41. The summed E-state index contributed by atoms with van der Waals surface area (Å²) in [6.07, 6.45) is 3.64. The maximum Gasteiger partial charge on any atom is 0.126 e. The average Bonchev–Trinajstić information content (AvgIpc) is 2.57. The van der Waals surface area contributed by atoms with E-state index in [0.29, 0.717) is 5.56 Å². The van der Waals surface area contributed by atoms with Gasteiger partial charge in [-0.25, -0.2) is 9.37 Å². The van der Waals surface area contributed by atoms with Gasteiger partial charge in [0.15, 0.2) is 0 Å². The van der Waals surface area contributed by atoms with E-state index >= 15 is 0 Å². The largest absolute Gasteiger partial charge is 0.340 e. The standard InChI is InChI=1S/C11H11FN2/c1-8-5-9(3-4-10(8)12)11-6-14(2)7-13-11/h3-7H,1-2H3. The summed E-state index contributed by atoms with van der Waals surface area (Å²) < 4.78 is 14.9. The van der Waals surface area contributed by atoms with E-state index < -0.39 is 0 Å². The highest BCUT2D eigenvalue weighted by molar-refractivity contribution is 5.59. The SMILES string of the molecule is Cc1cc(-c2cn(C)cn2)ccc1F. The molecular formula is C11H11FN2. The maximum atomic E-state index is 13.0. The first-order valence-electron chi connectivity index (χ1n) is 4.41. The second-order valence-corrected chi connectivity index (χ2v) is 3.39. The molecule has 2 rings (SSSR count). The molecule has 1 heterocycles. The summed E-state index contributed by atoms with van der Waals surface area (Å²) in [6.45, 7) is 1.75. The van der Waals surface area contributed by atoms with Crippen LogP contribution in [0.1, 0.15) is 5.56 Å². The average molecular weight is 190 g/mol. The van der Waals surface area contributed by atoms with E-state index in [-0.39, 0.29) is 5.82 Å². The summed E-state index contributed by atoms with van der Waals surface area (Å²) >= 11 is 0. The van der Waals surface area contributed by atoms with Crippen molar-refractivity contribution in [1.82, 2.24) is 9.55 Å². The molecule has 0 N–H and O–H groups in total. The number of aromatic nitrogens is 2. The fourth-order valence-corrected chi connectivity index (χ4v) is 1.37. The lowest BCUT2D eigenvalue weighted by molar-refractivity contribution is 0.619. The van der Waals surface area contributed by atoms with E-state index in [1.165, 1.54) is 6.07 Å². The molecule has 3 heteroatoms. The summed E-state index contributed by atoms with van der Waals surface area (Å²) in [5.41, 5.74) is 2.47. The number of rotatable bonds is 1. The van der Waals surface area contributed by atoms with E-state index in [9.17, 15) is 4.39 Å². The highest BCUT2D eigenvalue weighted by Gasteiger charge is 2.03. The molecule has 0 spiro atoms. The van der Waals surface area contributed by atoms with Gasteiger partial charge in [0.1, 0.15) is 5.82 Å². The van der Waals surface area contributed by atoms with Gasteiger partial charge in [0.05, 0.1) is 12.0 Å². The molecule has 0 radical (unpaired) electrons. The quantitative estimate of drug-likeness (QED) is 0.675. The van der Waals surface area contributed by atoms with Crippen molar-refractivity contribution in [3.8, 4) is 11.3 Å². The third kappa shape index (κ3) is 1.53. The Labute approximate surface area is 82.0 Å². The van der Waals surface area contributed by atoms with Gasteiger partial charge in [-0.2, -0.15) is 0 Å². The van der Waals surface area contributed by atoms with Crippen molar-refractivity contribution in [2.45, 2.75) is 6.92 Å². The minimum absolute atomic E-state index is 0.176. The Morgan fingerprint density at radius 2 is 2.14 bits per heavy atom. The van der Waals surface area contributed by atoms with Crippen molar-refractivity contribution >= 4 is 0 Å². The Morgan fingerprint density at radius 3 is 2.71 bits per heavy atom.